The van der Waals surface area contributed by atoms with Crippen LogP contribution in [0.3, 0.4) is 0 Å². The highest BCUT2D eigenvalue weighted by atomic mass is 16.5. The van der Waals surface area contributed by atoms with Crippen molar-refractivity contribution in [1.82, 2.24) is 15.5 Å². The molecule has 0 aliphatic rings. The number of hydrogen-bond acceptors (Lipinski definition) is 5. The summed E-state index contributed by atoms with van der Waals surface area (Å²) in [7, 11) is 5.23. The molecule has 170 valence electrons. The number of hydrogen-bond donors (Lipinski definition) is 3. The molecule has 0 heterocycles. The van der Waals surface area contributed by atoms with Crippen LogP contribution in [0, 0.1) is 0 Å². The van der Waals surface area contributed by atoms with Gasteiger partial charge in [0.15, 0.2) is 0 Å². The van der Waals surface area contributed by atoms with Crippen LogP contribution in [-0.2, 0) is 20.9 Å². The summed E-state index contributed by atoms with van der Waals surface area (Å²) in [5.74, 6) is -0.0547. The number of likely N-dealkylation sites (N-methyl/N-ethyl adjacent to an activating group) is 1. The van der Waals surface area contributed by atoms with Crippen molar-refractivity contribution in [1.29, 1.82) is 0 Å². The smallest absolute Gasteiger partial charge is 0.244 e. The van der Waals surface area contributed by atoms with E-state index in [-0.39, 0.29) is 30.8 Å². The summed E-state index contributed by atoms with van der Waals surface area (Å²) in [6.07, 6.45) is 3.04. The van der Waals surface area contributed by atoms with Gasteiger partial charge in [-0.05, 0) is 62.5 Å². The highest BCUT2D eigenvalue weighted by molar-refractivity contribution is 5.95. The second-order valence-electron chi connectivity index (χ2n) is 7.54. The predicted molar refractivity (Wildman–Crippen MR) is 125 cm³/mol. The molecule has 8 heteroatoms. The molecule has 2 aromatic rings. The first-order valence-corrected chi connectivity index (χ1v) is 10.2. The summed E-state index contributed by atoms with van der Waals surface area (Å²) in [5, 5.41) is 8.25. The average molecular weight is 439 g/mol. The van der Waals surface area contributed by atoms with Crippen LogP contribution >= 0.6 is 0 Å². The number of methoxy groups -OCH3 is 1. The maximum atomic E-state index is 12.3. The fourth-order valence-corrected chi connectivity index (χ4v) is 2.80. The van der Waals surface area contributed by atoms with Gasteiger partial charge in [-0.15, -0.1) is 0 Å². The zero-order valence-corrected chi connectivity index (χ0v) is 18.8. The molecule has 2 rings (SSSR count). The number of nitrogens with zero attached hydrogens (tertiary/aromatic N) is 1. The molecule has 0 radical (unpaired) electrons. The molecule has 32 heavy (non-hydrogen) atoms. The summed E-state index contributed by atoms with van der Waals surface area (Å²) in [6.45, 7) is 2.18. The first kappa shape index (κ1) is 24.6. The van der Waals surface area contributed by atoms with Crippen molar-refractivity contribution in [2.75, 3.05) is 33.1 Å². The molecule has 8 nitrogen and oxygen atoms in total. The molecule has 3 amide bonds. The molecule has 0 saturated heterocycles. The molecule has 0 aromatic heterocycles. The number of ether oxygens (including phenoxy) is 1. The van der Waals surface area contributed by atoms with Crippen molar-refractivity contribution in [3.05, 3.63) is 65.7 Å². The molecule has 0 bridgehead atoms. The standard InChI is InChI=1S/C24H30N4O4/c1-17(26-22(29)13-10-18-8-11-21(32-4)12-9-18)24(31)25-15-19-6-5-7-20(14-19)27-23(30)16-28(2)3/h5-14,17H,15-16H2,1-4H3,(H,25,31)(H,26,29)(H,27,30)/b13-10+. The van der Waals surface area contributed by atoms with E-state index in [4.69, 9.17) is 4.74 Å². The van der Waals surface area contributed by atoms with Gasteiger partial charge in [0.1, 0.15) is 11.8 Å². The van der Waals surface area contributed by atoms with E-state index in [2.05, 4.69) is 16.0 Å². The molecule has 2 aromatic carbocycles. The van der Waals surface area contributed by atoms with E-state index in [1.54, 1.807) is 49.3 Å². The van der Waals surface area contributed by atoms with Gasteiger partial charge in [0.25, 0.3) is 0 Å². The van der Waals surface area contributed by atoms with E-state index < -0.39 is 6.04 Å². The third-order valence-electron chi connectivity index (χ3n) is 4.43. The van der Waals surface area contributed by atoms with Gasteiger partial charge in [-0.1, -0.05) is 24.3 Å². The third-order valence-corrected chi connectivity index (χ3v) is 4.43. The zero-order chi connectivity index (χ0) is 23.5. The monoisotopic (exact) mass is 438 g/mol. The van der Waals surface area contributed by atoms with Crippen molar-refractivity contribution >= 4 is 29.5 Å². The predicted octanol–water partition coefficient (Wildman–Crippen LogP) is 2.03. The molecule has 0 spiro atoms. The van der Waals surface area contributed by atoms with Crippen LogP contribution in [0.1, 0.15) is 18.1 Å². The number of benzene rings is 2. The Balaban J connectivity index is 1.82. The topological polar surface area (TPSA) is 99.8 Å². The van der Waals surface area contributed by atoms with Crippen molar-refractivity contribution in [3.8, 4) is 5.75 Å². The summed E-state index contributed by atoms with van der Waals surface area (Å²) in [4.78, 5) is 38.1. The number of amides is 3. The Bertz CT molecular complexity index is 955. The lowest BCUT2D eigenvalue weighted by atomic mass is 10.2. The number of carbonyl (C=O) groups excluding carboxylic acids is 3. The molecular weight excluding hydrogens is 408 g/mol. The lowest BCUT2D eigenvalue weighted by Crippen LogP contribution is -2.44. The quantitative estimate of drug-likeness (QED) is 0.493. The Morgan fingerprint density at radius 3 is 2.47 bits per heavy atom. The van der Waals surface area contributed by atoms with E-state index in [1.165, 1.54) is 6.08 Å². The Morgan fingerprint density at radius 2 is 1.81 bits per heavy atom. The van der Waals surface area contributed by atoms with Crippen molar-refractivity contribution in [2.24, 2.45) is 0 Å². The molecule has 1 atom stereocenters. The van der Waals surface area contributed by atoms with Gasteiger partial charge in [-0.25, -0.2) is 0 Å². The van der Waals surface area contributed by atoms with Crippen LogP contribution in [0.4, 0.5) is 5.69 Å². The number of anilines is 1. The third kappa shape index (κ3) is 8.61. The van der Waals surface area contributed by atoms with Crippen LogP contribution in [0.25, 0.3) is 6.08 Å². The Hall–Kier alpha value is -3.65. The van der Waals surface area contributed by atoms with Gasteiger partial charge in [0, 0.05) is 18.3 Å². The fraction of sp³-hybridized carbons (Fsp3) is 0.292. The van der Waals surface area contributed by atoms with Gasteiger partial charge in [0.2, 0.25) is 17.7 Å². The number of nitrogens with one attached hydrogen (secondary N) is 3. The van der Waals surface area contributed by atoms with E-state index in [0.717, 1.165) is 16.9 Å². The number of rotatable bonds is 10. The number of carbonyl (C=O) groups is 3. The molecule has 3 N–H and O–H groups in total. The Kier molecular flexibility index (Phi) is 9.43. The summed E-state index contributed by atoms with van der Waals surface area (Å²) >= 11 is 0. The SMILES string of the molecule is COc1ccc(/C=C/C(=O)NC(C)C(=O)NCc2cccc(NC(=O)CN(C)C)c2)cc1. The fourth-order valence-electron chi connectivity index (χ4n) is 2.80. The largest absolute Gasteiger partial charge is 0.497 e. The van der Waals surface area contributed by atoms with Crippen molar-refractivity contribution in [2.45, 2.75) is 19.5 Å². The minimum atomic E-state index is -0.703. The molecule has 0 saturated carbocycles. The van der Waals surface area contributed by atoms with Crippen molar-refractivity contribution < 1.29 is 19.1 Å². The van der Waals surface area contributed by atoms with Gasteiger partial charge in [0.05, 0.1) is 13.7 Å². The van der Waals surface area contributed by atoms with Gasteiger partial charge >= 0.3 is 0 Å². The van der Waals surface area contributed by atoms with Crippen molar-refractivity contribution in [3.63, 3.8) is 0 Å². The van der Waals surface area contributed by atoms with E-state index in [9.17, 15) is 14.4 Å². The van der Waals surface area contributed by atoms with E-state index in [1.807, 2.05) is 38.4 Å². The van der Waals surface area contributed by atoms with Crippen LogP contribution < -0.4 is 20.7 Å². The van der Waals surface area contributed by atoms with Gasteiger partial charge in [-0.3, -0.25) is 14.4 Å². The maximum absolute atomic E-state index is 12.3. The second kappa shape index (κ2) is 12.3. The summed E-state index contributed by atoms with van der Waals surface area (Å²) < 4.78 is 5.10. The molecule has 0 aliphatic heterocycles. The van der Waals surface area contributed by atoms with E-state index in [0.29, 0.717) is 5.69 Å². The normalized spacial score (nSPS) is 11.8. The lowest BCUT2D eigenvalue weighted by Gasteiger charge is -2.14. The molecule has 0 aliphatic carbocycles. The van der Waals surface area contributed by atoms with Crippen LogP contribution in [0.2, 0.25) is 0 Å². The van der Waals surface area contributed by atoms with Crippen LogP contribution in [-0.4, -0.2) is 56.4 Å². The summed E-state index contributed by atoms with van der Waals surface area (Å²) in [6, 6.07) is 13.8. The molecular formula is C24H30N4O4. The van der Waals surface area contributed by atoms with Gasteiger partial charge < -0.3 is 25.6 Å². The van der Waals surface area contributed by atoms with E-state index >= 15 is 0 Å². The van der Waals surface area contributed by atoms with Crippen LogP contribution in [0.15, 0.2) is 54.6 Å². The van der Waals surface area contributed by atoms with Crippen LogP contribution in [0.5, 0.6) is 5.75 Å². The lowest BCUT2D eigenvalue weighted by molar-refractivity contribution is -0.126. The zero-order valence-electron chi connectivity index (χ0n) is 18.8. The average Bonchev–Trinajstić information content (AvgIpc) is 2.76. The maximum Gasteiger partial charge on any atom is 0.244 e. The first-order chi connectivity index (χ1) is 15.3. The Morgan fingerprint density at radius 1 is 1.09 bits per heavy atom. The summed E-state index contributed by atoms with van der Waals surface area (Å²) in [5.41, 5.74) is 2.34. The minimum absolute atomic E-state index is 0.116. The van der Waals surface area contributed by atoms with Gasteiger partial charge in [-0.2, -0.15) is 0 Å². The molecule has 1 unspecified atom stereocenters. The minimum Gasteiger partial charge on any atom is -0.497 e. The molecule has 0 fully saturated rings. The second-order valence-corrected chi connectivity index (χ2v) is 7.54. The highest BCUT2D eigenvalue weighted by Crippen LogP contribution is 2.12. The Labute approximate surface area is 188 Å². The highest BCUT2D eigenvalue weighted by Gasteiger charge is 2.14. The first-order valence-electron chi connectivity index (χ1n) is 10.2.